The molecular weight excluding hydrogens is 284 g/mol. The van der Waals surface area contributed by atoms with Gasteiger partial charge in [-0.25, -0.2) is 0 Å². The Balaban J connectivity index is 1.77. The van der Waals surface area contributed by atoms with Gasteiger partial charge in [-0.2, -0.15) is 0 Å². The number of anilines is 1. The third-order valence-corrected chi connectivity index (χ3v) is 4.58. The van der Waals surface area contributed by atoms with Crippen LogP contribution in [-0.2, 0) is 4.79 Å². The van der Waals surface area contributed by atoms with Crippen LogP contribution in [0.1, 0.15) is 26.2 Å². The third-order valence-electron chi connectivity index (χ3n) is 3.50. The molecule has 21 heavy (non-hydrogen) atoms. The summed E-state index contributed by atoms with van der Waals surface area (Å²) in [5.41, 5.74) is 0.790. The van der Waals surface area contributed by atoms with Crippen molar-refractivity contribution in [2.24, 2.45) is 10.9 Å². The first-order valence-electron chi connectivity index (χ1n) is 7.27. The van der Waals surface area contributed by atoms with Crippen molar-refractivity contribution in [3.05, 3.63) is 24.3 Å². The maximum Gasteiger partial charge on any atom is 0.234 e. The minimum atomic E-state index is 0.00478. The fourth-order valence-electron chi connectivity index (χ4n) is 2.14. The van der Waals surface area contributed by atoms with E-state index in [4.69, 9.17) is 4.74 Å². The van der Waals surface area contributed by atoms with Crippen LogP contribution >= 0.6 is 11.8 Å². The lowest BCUT2D eigenvalue weighted by atomic mass is 10.0. The second-order valence-corrected chi connectivity index (χ2v) is 6.32. The summed E-state index contributed by atoms with van der Waals surface area (Å²) in [6.07, 6.45) is 3.33. The summed E-state index contributed by atoms with van der Waals surface area (Å²) >= 11 is 1.56. The highest BCUT2D eigenvalue weighted by Crippen LogP contribution is 2.21. The number of hydrogen-bond donors (Lipinski definition) is 1. The van der Waals surface area contributed by atoms with E-state index in [2.05, 4.69) is 17.2 Å². The van der Waals surface area contributed by atoms with E-state index in [1.807, 2.05) is 24.3 Å². The number of methoxy groups -OCH3 is 1. The molecule has 1 atom stereocenters. The van der Waals surface area contributed by atoms with Crippen LogP contribution < -0.4 is 10.1 Å². The van der Waals surface area contributed by atoms with Crippen molar-refractivity contribution >= 4 is 28.4 Å². The minimum Gasteiger partial charge on any atom is -0.497 e. The van der Waals surface area contributed by atoms with Gasteiger partial charge < -0.3 is 10.1 Å². The van der Waals surface area contributed by atoms with Gasteiger partial charge in [0.1, 0.15) is 5.75 Å². The Labute approximate surface area is 130 Å². The first-order chi connectivity index (χ1) is 10.2. The molecule has 5 heteroatoms. The van der Waals surface area contributed by atoms with E-state index in [0.29, 0.717) is 5.75 Å². The van der Waals surface area contributed by atoms with Gasteiger partial charge in [0.15, 0.2) is 0 Å². The van der Waals surface area contributed by atoms with Crippen LogP contribution in [0.25, 0.3) is 0 Å². The van der Waals surface area contributed by atoms with E-state index in [1.165, 1.54) is 6.42 Å². The van der Waals surface area contributed by atoms with E-state index in [1.54, 1.807) is 18.9 Å². The number of hydrogen-bond acceptors (Lipinski definition) is 4. The van der Waals surface area contributed by atoms with Crippen LogP contribution in [0.5, 0.6) is 5.75 Å². The zero-order valence-electron chi connectivity index (χ0n) is 12.6. The number of carbonyl (C=O) groups is 1. The van der Waals surface area contributed by atoms with E-state index in [0.717, 1.165) is 41.8 Å². The number of amides is 1. The highest BCUT2D eigenvalue weighted by atomic mass is 32.2. The average molecular weight is 306 g/mol. The van der Waals surface area contributed by atoms with E-state index >= 15 is 0 Å². The number of thioether (sulfide) groups is 1. The highest BCUT2D eigenvalue weighted by Gasteiger charge is 2.12. The second-order valence-electron chi connectivity index (χ2n) is 5.27. The van der Waals surface area contributed by atoms with Gasteiger partial charge >= 0.3 is 0 Å². The Hall–Kier alpha value is -1.49. The molecule has 1 heterocycles. The maximum absolute atomic E-state index is 11.9. The van der Waals surface area contributed by atoms with Crippen molar-refractivity contribution in [2.75, 3.05) is 24.7 Å². The molecule has 1 aromatic carbocycles. The minimum absolute atomic E-state index is 0.00478. The van der Waals surface area contributed by atoms with Crippen LogP contribution in [0.2, 0.25) is 0 Å². The highest BCUT2D eigenvalue weighted by molar-refractivity contribution is 8.14. The van der Waals surface area contributed by atoms with Gasteiger partial charge in [0.2, 0.25) is 5.91 Å². The van der Waals surface area contributed by atoms with Gasteiger partial charge in [-0.3, -0.25) is 9.79 Å². The summed E-state index contributed by atoms with van der Waals surface area (Å²) < 4.78 is 5.09. The predicted octanol–water partition coefficient (Wildman–Crippen LogP) is 3.59. The fourth-order valence-corrected chi connectivity index (χ4v) is 2.96. The largest absolute Gasteiger partial charge is 0.497 e. The first-order valence-corrected chi connectivity index (χ1v) is 8.26. The monoisotopic (exact) mass is 306 g/mol. The van der Waals surface area contributed by atoms with Gasteiger partial charge in [-0.1, -0.05) is 6.92 Å². The van der Waals surface area contributed by atoms with Crippen molar-refractivity contribution in [1.82, 2.24) is 0 Å². The number of aliphatic imine (C=N–C) groups is 1. The Kier molecular flexibility index (Phi) is 6.11. The van der Waals surface area contributed by atoms with Crippen molar-refractivity contribution in [3.8, 4) is 5.75 Å². The molecule has 0 bridgehead atoms. The van der Waals surface area contributed by atoms with Gasteiger partial charge in [-0.05, 0) is 49.4 Å². The molecule has 0 radical (unpaired) electrons. The molecule has 0 aromatic heterocycles. The third kappa shape index (κ3) is 5.42. The van der Waals surface area contributed by atoms with Gasteiger partial charge in [0, 0.05) is 12.2 Å². The first kappa shape index (κ1) is 15.9. The molecule has 1 aromatic rings. The molecule has 0 saturated heterocycles. The van der Waals surface area contributed by atoms with Crippen molar-refractivity contribution < 1.29 is 9.53 Å². The summed E-state index contributed by atoms with van der Waals surface area (Å²) in [4.78, 5) is 16.5. The molecule has 1 amide bonds. The quantitative estimate of drug-likeness (QED) is 0.925. The number of carbonyl (C=O) groups excluding carboxylic acids is 1. The van der Waals surface area contributed by atoms with Gasteiger partial charge in [-0.15, -0.1) is 11.8 Å². The summed E-state index contributed by atoms with van der Waals surface area (Å²) in [5.74, 6) is 1.94. The molecule has 4 nitrogen and oxygen atoms in total. The van der Waals surface area contributed by atoms with Crippen LogP contribution in [0.15, 0.2) is 29.3 Å². The van der Waals surface area contributed by atoms with E-state index < -0.39 is 0 Å². The number of nitrogens with one attached hydrogen (secondary N) is 1. The summed E-state index contributed by atoms with van der Waals surface area (Å²) in [6.45, 7) is 3.16. The van der Waals surface area contributed by atoms with Crippen LogP contribution in [0.4, 0.5) is 5.69 Å². The molecule has 0 fully saturated rings. The molecule has 1 aliphatic rings. The predicted molar refractivity (Wildman–Crippen MR) is 89.4 cm³/mol. The standard InChI is InChI=1S/C16H22N2O2S/c1-12-3-8-16(17-10-9-12)21-11-15(19)18-13-4-6-14(20-2)7-5-13/h4-7,12H,3,8-11H2,1-2H3,(H,18,19). The van der Waals surface area contributed by atoms with Gasteiger partial charge in [0.25, 0.3) is 0 Å². The Bertz CT molecular complexity index is 500. The Morgan fingerprint density at radius 1 is 1.38 bits per heavy atom. The topological polar surface area (TPSA) is 50.7 Å². The van der Waals surface area contributed by atoms with E-state index in [-0.39, 0.29) is 5.91 Å². The molecule has 0 saturated carbocycles. The van der Waals surface area contributed by atoms with Crippen molar-refractivity contribution in [1.29, 1.82) is 0 Å². The number of benzene rings is 1. The molecule has 1 N–H and O–H groups in total. The second kappa shape index (κ2) is 8.08. The summed E-state index contributed by atoms with van der Waals surface area (Å²) in [5, 5.41) is 4.00. The van der Waals surface area contributed by atoms with Crippen LogP contribution in [-0.4, -0.2) is 30.4 Å². The lowest BCUT2D eigenvalue weighted by Gasteiger charge is -2.07. The molecule has 0 aliphatic carbocycles. The van der Waals surface area contributed by atoms with Gasteiger partial charge in [0.05, 0.1) is 17.9 Å². The smallest absolute Gasteiger partial charge is 0.234 e. The maximum atomic E-state index is 11.9. The summed E-state index contributed by atoms with van der Waals surface area (Å²) in [6, 6.07) is 7.34. The fraction of sp³-hybridized carbons (Fsp3) is 0.500. The SMILES string of the molecule is COc1ccc(NC(=O)CSC2=NCCC(C)CC2)cc1. The lowest BCUT2D eigenvalue weighted by molar-refractivity contribution is -0.113. The number of rotatable bonds is 4. The molecule has 1 unspecified atom stereocenters. The Morgan fingerprint density at radius 3 is 2.86 bits per heavy atom. The molecule has 114 valence electrons. The zero-order valence-corrected chi connectivity index (χ0v) is 13.4. The molecular formula is C16H22N2O2S. The molecule has 1 aliphatic heterocycles. The zero-order chi connectivity index (χ0) is 15.1. The van der Waals surface area contributed by atoms with Crippen LogP contribution in [0.3, 0.4) is 0 Å². The normalized spacial score (nSPS) is 18.6. The van der Waals surface area contributed by atoms with Crippen LogP contribution in [0, 0.1) is 5.92 Å². The number of ether oxygens (including phenoxy) is 1. The molecule has 0 spiro atoms. The summed E-state index contributed by atoms with van der Waals surface area (Å²) in [7, 11) is 1.62. The average Bonchev–Trinajstić information content (AvgIpc) is 2.70. The number of nitrogens with zero attached hydrogens (tertiary/aromatic N) is 1. The molecule has 2 rings (SSSR count). The van der Waals surface area contributed by atoms with E-state index in [9.17, 15) is 4.79 Å². The van der Waals surface area contributed by atoms with Crippen molar-refractivity contribution in [3.63, 3.8) is 0 Å². The Morgan fingerprint density at radius 2 is 2.14 bits per heavy atom. The van der Waals surface area contributed by atoms with Crippen molar-refractivity contribution in [2.45, 2.75) is 26.2 Å². The lowest BCUT2D eigenvalue weighted by Crippen LogP contribution is -2.15.